The van der Waals surface area contributed by atoms with E-state index in [4.69, 9.17) is 28.6 Å². The molecule has 1 unspecified atom stereocenters. The Morgan fingerprint density at radius 1 is 0.340 bits per heavy atom. The van der Waals surface area contributed by atoms with Gasteiger partial charge in [0.2, 0.25) is 45.6 Å². The molecule has 0 radical (unpaired) electrons. The molecule has 2 aliphatic rings. The lowest BCUT2D eigenvalue weighted by Crippen LogP contribution is -2.30. The summed E-state index contributed by atoms with van der Waals surface area (Å²) in [6.45, 7) is 21.2. The highest BCUT2D eigenvalue weighted by atomic mass is 16.4. The molecule has 1 atom stereocenters. The zero-order chi connectivity index (χ0) is 80.8. The first-order valence-electron chi connectivity index (χ1n) is 41.7. The van der Waals surface area contributed by atoms with E-state index in [1.54, 1.807) is 12.1 Å². The molecule has 0 N–H and O–H groups in total. The van der Waals surface area contributed by atoms with Gasteiger partial charge >= 0.3 is 0 Å². The van der Waals surface area contributed by atoms with E-state index in [-0.39, 0.29) is 18.5 Å². The summed E-state index contributed by atoms with van der Waals surface area (Å²) in [5, 5.41) is 7.98. The van der Waals surface area contributed by atoms with E-state index in [0.29, 0.717) is 54.1 Å². The van der Waals surface area contributed by atoms with E-state index >= 15 is 0 Å². The Bertz CT molecular complexity index is 6460. The number of rotatable bonds is 11. The van der Waals surface area contributed by atoms with Crippen molar-refractivity contribution in [2.45, 2.75) is 171 Å². The standard InChI is InChI=1S/C26H29N2O.C25H27N2O.C22H23N2O.C21H21N2O/c1-4-18-14-15-28(3)23(16-18)24-17(2)10-11-20-21-12-13-22(19-8-6-5-7-9-19)27-26(21)29-25(20)24;1-4-17-13-14-27(3)22(15-17)23-16(2)9-10-19-20-11-12-21(18-7-5-6-8-18)26-25(20)28-24(19)23;1-5-15-11-12-24(4)19(13-15)20-14(3)7-9-17-18-10-8-16(6-2)23-22(18)25-21(17)20;1-5-15-10-11-23(4)18(12-15)19-13(2)6-8-16-17-9-7-14(3)22-21(17)24-20(16)19/h10-16,19H,4-9H2,1-3H3;9-15,18H,4-8H2,1-3H3;7-13H,5-6H2,1-4H3;6-12H,5H2,1-4H3/q4*+1/i8D2,9D2,19D;7D2,18D;;. The minimum Gasteiger partial charge on any atom is -0.437 e. The van der Waals surface area contributed by atoms with Crippen LogP contribution in [0.25, 0.3) is 133 Å². The molecule has 2 saturated carbocycles. The minimum atomic E-state index is -2.12. The first kappa shape index (κ1) is 61.6. The molecule has 4 aromatic carbocycles. The number of hydrogen-bond acceptors (Lipinski definition) is 8. The van der Waals surface area contributed by atoms with Crippen LogP contribution in [0.3, 0.4) is 0 Å². The van der Waals surface area contributed by atoms with Gasteiger partial charge in [-0.3, -0.25) is 0 Å². The van der Waals surface area contributed by atoms with Crippen LogP contribution in [0.5, 0.6) is 0 Å². The van der Waals surface area contributed by atoms with Gasteiger partial charge in [0.05, 0.1) is 22.3 Å². The highest BCUT2D eigenvalue weighted by molar-refractivity contribution is 6.12. The molecule has 2 fully saturated rings. The fourth-order valence-corrected chi connectivity index (χ4v) is 15.1. The molecule has 12 nitrogen and oxygen atoms in total. The zero-order valence-electron chi connectivity index (χ0n) is 71.7. The van der Waals surface area contributed by atoms with Crippen LogP contribution in [0, 0.1) is 34.6 Å². The van der Waals surface area contributed by atoms with Crippen LogP contribution in [0.2, 0.25) is 0 Å². The molecular weight excluding hydrogens is 1310 g/mol. The van der Waals surface area contributed by atoms with Crippen LogP contribution < -0.4 is 18.3 Å². The van der Waals surface area contributed by atoms with Gasteiger partial charge < -0.3 is 17.7 Å². The second-order valence-electron chi connectivity index (χ2n) is 28.5. The molecule has 0 aliphatic heterocycles. The lowest BCUT2D eigenvalue weighted by molar-refractivity contribution is -0.660. The second-order valence-corrected chi connectivity index (χ2v) is 28.5. The van der Waals surface area contributed by atoms with E-state index in [1.165, 1.54) is 44.8 Å². The van der Waals surface area contributed by atoms with Gasteiger partial charge in [0, 0.05) is 137 Å². The van der Waals surface area contributed by atoms with E-state index in [9.17, 15) is 0 Å². The van der Waals surface area contributed by atoms with Crippen LogP contribution in [0.4, 0.5) is 0 Å². The fraction of sp³-hybridized carbons (Fsp3) is 0.319. The predicted molar refractivity (Wildman–Crippen MR) is 430 cm³/mol. The van der Waals surface area contributed by atoms with Gasteiger partial charge in [-0.05, 0) is 185 Å². The van der Waals surface area contributed by atoms with E-state index < -0.39 is 30.9 Å². The molecule has 106 heavy (non-hydrogen) atoms. The number of furan rings is 4. The van der Waals surface area contributed by atoms with Gasteiger partial charge in [0.1, 0.15) is 28.2 Å². The average Bonchev–Trinajstić information content (AvgIpc) is 0.845. The number of fused-ring (bicyclic) bond motifs is 12. The van der Waals surface area contributed by atoms with Crippen molar-refractivity contribution in [1.29, 1.82) is 0 Å². The summed E-state index contributed by atoms with van der Waals surface area (Å²) in [5.41, 5.74) is 26.7. The van der Waals surface area contributed by atoms with Crippen LogP contribution in [0.1, 0.15) is 182 Å². The van der Waals surface area contributed by atoms with Gasteiger partial charge in [-0.1, -0.05) is 115 Å². The molecule has 12 heterocycles. The monoisotopic (exact) mass is 1410 g/mol. The number of hydrogen-bond donors (Lipinski definition) is 0. The van der Waals surface area contributed by atoms with Crippen LogP contribution >= 0.6 is 0 Å². The van der Waals surface area contributed by atoms with Gasteiger partial charge in [0.15, 0.2) is 47.1 Å². The smallest absolute Gasteiger partial charge is 0.227 e. The van der Waals surface area contributed by atoms with Crippen LogP contribution in [-0.4, -0.2) is 19.9 Å². The van der Waals surface area contributed by atoms with Gasteiger partial charge in [0.25, 0.3) is 0 Å². The Balaban J connectivity index is 0.000000121. The lowest BCUT2D eigenvalue weighted by atomic mass is 9.86. The quantitative estimate of drug-likeness (QED) is 0.117. The summed E-state index contributed by atoms with van der Waals surface area (Å²) >= 11 is 0. The maximum Gasteiger partial charge on any atom is 0.227 e. The highest BCUT2D eigenvalue weighted by Gasteiger charge is 2.28. The van der Waals surface area contributed by atoms with E-state index in [1.807, 2.05) is 58.4 Å². The molecule has 16 aromatic rings. The van der Waals surface area contributed by atoms with Gasteiger partial charge in [-0.2, -0.15) is 0 Å². The summed E-state index contributed by atoms with van der Waals surface area (Å²) in [6.07, 6.45) is 9.75. The molecule has 0 saturated heterocycles. The molecule has 12 aromatic heterocycles. The Morgan fingerprint density at radius 2 is 0.651 bits per heavy atom. The van der Waals surface area contributed by atoms with Crippen molar-refractivity contribution < 1.29 is 46.9 Å². The van der Waals surface area contributed by atoms with Crippen molar-refractivity contribution in [3.8, 4) is 45.0 Å². The fourth-order valence-electron chi connectivity index (χ4n) is 15.1. The number of aromatic nitrogens is 8. The second kappa shape index (κ2) is 30.0. The van der Waals surface area contributed by atoms with Crippen molar-refractivity contribution in [2.24, 2.45) is 28.2 Å². The highest BCUT2D eigenvalue weighted by Crippen LogP contribution is 2.43. The summed E-state index contributed by atoms with van der Waals surface area (Å²) in [7, 11) is 8.21. The normalized spacial score (nSPS) is 17.6. The Morgan fingerprint density at radius 3 is 1.00 bits per heavy atom. The number of aryl methyl sites for hydroxylation is 14. The Hall–Kier alpha value is -10.7. The number of nitrogens with zero attached hydrogens (tertiary/aromatic N) is 8. The maximum atomic E-state index is 9.00. The summed E-state index contributed by atoms with van der Waals surface area (Å²) in [4.78, 5) is 18.5. The summed E-state index contributed by atoms with van der Waals surface area (Å²) in [6, 6.07) is 49.9. The van der Waals surface area contributed by atoms with Crippen molar-refractivity contribution in [3.05, 3.63) is 238 Å². The Kier molecular flexibility index (Phi) is 17.4. The van der Waals surface area contributed by atoms with Crippen molar-refractivity contribution in [1.82, 2.24) is 19.9 Å². The number of pyridine rings is 8. The van der Waals surface area contributed by atoms with Crippen LogP contribution in [0.15, 0.2) is 188 Å². The SMILES string of the molecule is CCc1cc[n+](C)c(-c2c(C)ccc3c2oc2nc(C)ccc23)c1.CCc1cc[n+](C)c(-c2c(C)ccc3c2oc2nc(CC)ccc23)c1.[2H]C1([2H])CCCC([2H])([2H])C1([2H])c1ccc2c(n1)oc1c(-c3cc(CC)cc[n+]3C)c(C)ccc12.[2H]C1([2H])CCCC1([2H])c1ccc2c(n1)oc1c(-c3cc(CC)cc[n+]3C)c(C)ccc12. The largest absolute Gasteiger partial charge is 0.437 e. The predicted octanol–water partition coefficient (Wildman–Crippen LogP) is 21.9. The molecule has 0 bridgehead atoms. The minimum absolute atomic E-state index is 0.0746. The third-order valence-corrected chi connectivity index (χ3v) is 21.4. The van der Waals surface area contributed by atoms with Crippen molar-refractivity contribution in [3.63, 3.8) is 0 Å². The molecule has 12 heteroatoms. The zero-order valence-corrected chi connectivity index (χ0v) is 63.7. The molecule has 536 valence electrons. The van der Waals surface area contributed by atoms with E-state index in [2.05, 4.69) is 235 Å². The third-order valence-electron chi connectivity index (χ3n) is 21.4. The maximum absolute atomic E-state index is 9.00. The molecule has 0 amide bonds. The van der Waals surface area contributed by atoms with Gasteiger partial charge in [-0.25, -0.2) is 38.2 Å². The van der Waals surface area contributed by atoms with Crippen molar-refractivity contribution >= 4 is 88.3 Å². The summed E-state index contributed by atoms with van der Waals surface area (Å²) in [5.74, 6) is -3.45. The lowest BCUT2D eigenvalue weighted by Gasteiger charge is -2.20. The third kappa shape index (κ3) is 13.5. The van der Waals surface area contributed by atoms with Gasteiger partial charge in [-0.15, -0.1) is 0 Å². The first-order chi connectivity index (χ1) is 54.4. The molecule has 18 rings (SSSR count). The molecule has 0 spiro atoms. The molecule has 2 aliphatic carbocycles. The average molecular weight is 1410 g/mol. The Labute approximate surface area is 633 Å². The number of benzene rings is 4. The molecular formula is C94H100N8O4+4. The summed E-state index contributed by atoms with van der Waals surface area (Å²) < 4.78 is 102. The van der Waals surface area contributed by atoms with E-state index in [0.717, 1.165) is 154 Å². The van der Waals surface area contributed by atoms with Crippen LogP contribution in [-0.2, 0) is 60.3 Å². The first-order valence-corrected chi connectivity index (χ1v) is 37.7. The topological polar surface area (TPSA) is 120 Å². The van der Waals surface area contributed by atoms with Crippen molar-refractivity contribution in [2.75, 3.05) is 0 Å².